The third-order valence-electron chi connectivity index (χ3n) is 4.01. The molecule has 98 valence electrons. The van der Waals surface area contributed by atoms with Gasteiger partial charge in [-0.2, -0.15) is 0 Å². The smallest absolute Gasteiger partial charge is 0.225 e. The van der Waals surface area contributed by atoms with Crippen LogP contribution in [0.4, 0.5) is 0 Å². The van der Waals surface area contributed by atoms with E-state index in [0.717, 1.165) is 13.1 Å². The van der Waals surface area contributed by atoms with E-state index in [9.17, 15) is 13.2 Å². The summed E-state index contributed by atoms with van der Waals surface area (Å²) in [7, 11) is -1.19. The average molecular weight is 260 g/mol. The number of nitrogens with one attached hydrogen (secondary N) is 1. The number of carbonyl (C=O) groups is 1. The second kappa shape index (κ2) is 4.57. The highest BCUT2D eigenvalue weighted by atomic mass is 32.2. The summed E-state index contributed by atoms with van der Waals surface area (Å²) in [5, 5.41) is 3.15. The molecule has 0 aliphatic carbocycles. The molecule has 5 nitrogen and oxygen atoms in total. The van der Waals surface area contributed by atoms with E-state index in [4.69, 9.17) is 0 Å². The molecule has 6 heteroatoms. The molecule has 2 atom stereocenters. The van der Waals surface area contributed by atoms with Gasteiger partial charge in [-0.15, -0.1) is 0 Å². The Morgan fingerprint density at radius 1 is 1.41 bits per heavy atom. The molecule has 2 saturated heterocycles. The fourth-order valence-electron chi connectivity index (χ4n) is 2.45. The Morgan fingerprint density at radius 2 is 2.06 bits per heavy atom. The molecular formula is C11H20N2O3S. The lowest BCUT2D eigenvalue weighted by Crippen LogP contribution is -2.51. The lowest BCUT2D eigenvalue weighted by molar-refractivity contribution is -0.137. The maximum atomic E-state index is 12.2. The molecule has 1 N–H and O–H groups in total. The summed E-state index contributed by atoms with van der Waals surface area (Å²) in [5.41, 5.74) is 0. The number of carbonyl (C=O) groups excluding carboxylic acids is 1. The Balaban J connectivity index is 1.95. The summed E-state index contributed by atoms with van der Waals surface area (Å²) in [6.45, 7) is 3.72. The normalized spacial score (nSPS) is 29.6. The Morgan fingerprint density at radius 3 is 2.47 bits per heavy atom. The van der Waals surface area contributed by atoms with Crippen molar-refractivity contribution in [1.82, 2.24) is 10.2 Å². The molecule has 1 amide bonds. The van der Waals surface area contributed by atoms with E-state index in [0.29, 0.717) is 12.3 Å². The number of hydrogen-bond donors (Lipinski definition) is 1. The molecule has 2 aliphatic rings. The molecule has 0 aromatic heterocycles. The molecule has 0 aromatic carbocycles. The first kappa shape index (κ1) is 12.8. The van der Waals surface area contributed by atoms with Gasteiger partial charge in [0.2, 0.25) is 5.91 Å². The molecule has 0 spiro atoms. The van der Waals surface area contributed by atoms with Crippen molar-refractivity contribution in [3.63, 3.8) is 0 Å². The average Bonchev–Trinajstić information content (AvgIpc) is 2.54. The second-order valence-electron chi connectivity index (χ2n) is 5.21. The van der Waals surface area contributed by atoms with Crippen LogP contribution in [0, 0.1) is 11.8 Å². The first-order valence-electron chi connectivity index (χ1n) is 6.08. The first-order chi connectivity index (χ1) is 7.91. The summed E-state index contributed by atoms with van der Waals surface area (Å²) < 4.78 is 22.8. The van der Waals surface area contributed by atoms with Crippen molar-refractivity contribution in [3.05, 3.63) is 0 Å². The summed E-state index contributed by atoms with van der Waals surface area (Å²) in [5.74, 6) is 0.825. The van der Waals surface area contributed by atoms with Crippen molar-refractivity contribution in [1.29, 1.82) is 0 Å². The Labute approximate surface area is 102 Å². The van der Waals surface area contributed by atoms with Crippen molar-refractivity contribution in [3.8, 4) is 0 Å². The number of sulfone groups is 1. The van der Waals surface area contributed by atoms with Gasteiger partial charge in [0.15, 0.2) is 9.84 Å². The van der Waals surface area contributed by atoms with Crippen LogP contribution >= 0.6 is 0 Å². The summed E-state index contributed by atoms with van der Waals surface area (Å²) >= 11 is 0. The zero-order valence-corrected chi connectivity index (χ0v) is 11.2. The lowest BCUT2D eigenvalue weighted by atomic mass is 9.87. The quantitative estimate of drug-likeness (QED) is 0.742. The molecule has 2 heterocycles. The van der Waals surface area contributed by atoms with E-state index in [-0.39, 0.29) is 29.4 Å². The van der Waals surface area contributed by atoms with E-state index in [1.54, 1.807) is 11.9 Å². The summed E-state index contributed by atoms with van der Waals surface area (Å²) in [6, 6.07) is -0.122. The molecule has 0 bridgehead atoms. The van der Waals surface area contributed by atoms with Crippen LogP contribution in [0.15, 0.2) is 0 Å². The SMILES string of the molecule is CC(C(=O)N(C)C1CCS(=O)(=O)C1)C1CNC1. The Hall–Kier alpha value is -0.620. The van der Waals surface area contributed by atoms with Crippen LogP contribution in [0.25, 0.3) is 0 Å². The minimum Gasteiger partial charge on any atom is -0.341 e. The van der Waals surface area contributed by atoms with Gasteiger partial charge in [-0.25, -0.2) is 8.42 Å². The van der Waals surface area contributed by atoms with Crippen molar-refractivity contribution in [2.75, 3.05) is 31.6 Å². The van der Waals surface area contributed by atoms with Gasteiger partial charge in [0.1, 0.15) is 0 Å². The predicted octanol–water partition coefficient (Wildman–Crippen LogP) is -0.513. The summed E-state index contributed by atoms with van der Waals surface area (Å²) in [6.07, 6.45) is 0.584. The Kier molecular flexibility index (Phi) is 3.45. The fourth-order valence-corrected chi connectivity index (χ4v) is 4.22. The largest absolute Gasteiger partial charge is 0.341 e. The van der Waals surface area contributed by atoms with Gasteiger partial charge in [0, 0.05) is 19.0 Å². The van der Waals surface area contributed by atoms with Crippen LogP contribution in [0.1, 0.15) is 13.3 Å². The third kappa shape index (κ3) is 2.63. The lowest BCUT2D eigenvalue weighted by Gasteiger charge is -2.35. The highest BCUT2D eigenvalue weighted by molar-refractivity contribution is 7.91. The van der Waals surface area contributed by atoms with Gasteiger partial charge in [-0.3, -0.25) is 4.79 Å². The molecule has 0 radical (unpaired) electrons. The van der Waals surface area contributed by atoms with E-state index in [2.05, 4.69) is 5.32 Å². The third-order valence-corrected chi connectivity index (χ3v) is 5.76. The van der Waals surface area contributed by atoms with Crippen LogP contribution < -0.4 is 5.32 Å². The summed E-state index contributed by atoms with van der Waals surface area (Å²) in [4.78, 5) is 13.8. The van der Waals surface area contributed by atoms with Crippen molar-refractivity contribution in [2.24, 2.45) is 11.8 Å². The van der Waals surface area contributed by atoms with E-state index in [1.165, 1.54) is 0 Å². The van der Waals surface area contributed by atoms with Gasteiger partial charge in [0.25, 0.3) is 0 Å². The van der Waals surface area contributed by atoms with E-state index >= 15 is 0 Å². The zero-order chi connectivity index (χ0) is 12.6. The highest BCUT2D eigenvalue weighted by Crippen LogP contribution is 2.22. The van der Waals surface area contributed by atoms with E-state index < -0.39 is 9.84 Å². The topological polar surface area (TPSA) is 66.5 Å². The second-order valence-corrected chi connectivity index (χ2v) is 7.44. The Bertz CT molecular complexity index is 403. The van der Waals surface area contributed by atoms with Gasteiger partial charge >= 0.3 is 0 Å². The van der Waals surface area contributed by atoms with Crippen molar-refractivity contribution >= 4 is 15.7 Å². The number of hydrogen-bond acceptors (Lipinski definition) is 4. The molecule has 2 rings (SSSR count). The first-order valence-corrected chi connectivity index (χ1v) is 7.90. The predicted molar refractivity (Wildman–Crippen MR) is 65.4 cm³/mol. The van der Waals surface area contributed by atoms with E-state index in [1.807, 2.05) is 6.92 Å². The number of amides is 1. The van der Waals surface area contributed by atoms with Crippen LogP contribution in [-0.4, -0.2) is 56.9 Å². The molecule has 0 saturated carbocycles. The van der Waals surface area contributed by atoms with Crippen LogP contribution in [0.2, 0.25) is 0 Å². The standard InChI is InChI=1S/C11H20N2O3S/c1-8(9-5-12-6-9)11(14)13(2)10-3-4-17(15,16)7-10/h8-10,12H,3-7H2,1-2H3. The fraction of sp³-hybridized carbons (Fsp3) is 0.909. The van der Waals surface area contributed by atoms with Crippen LogP contribution in [0.3, 0.4) is 0 Å². The van der Waals surface area contributed by atoms with Crippen LogP contribution in [-0.2, 0) is 14.6 Å². The minimum absolute atomic E-state index is 0.00967. The molecule has 2 fully saturated rings. The van der Waals surface area contributed by atoms with Gasteiger partial charge in [-0.1, -0.05) is 6.92 Å². The molecule has 17 heavy (non-hydrogen) atoms. The molecule has 0 aromatic rings. The molecular weight excluding hydrogens is 240 g/mol. The van der Waals surface area contributed by atoms with Crippen molar-refractivity contribution in [2.45, 2.75) is 19.4 Å². The number of rotatable bonds is 3. The number of nitrogens with zero attached hydrogens (tertiary/aromatic N) is 1. The highest BCUT2D eigenvalue weighted by Gasteiger charge is 2.36. The maximum absolute atomic E-state index is 12.2. The van der Waals surface area contributed by atoms with Crippen LogP contribution in [0.5, 0.6) is 0 Å². The van der Waals surface area contributed by atoms with Gasteiger partial charge in [0.05, 0.1) is 11.5 Å². The van der Waals surface area contributed by atoms with Crippen molar-refractivity contribution < 1.29 is 13.2 Å². The minimum atomic E-state index is -2.92. The molecule has 2 unspecified atom stereocenters. The molecule has 2 aliphatic heterocycles. The van der Waals surface area contributed by atoms with Gasteiger partial charge in [-0.05, 0) is 25.4 Å². The zero-order valence-electron chi connectivity index (χ0n) is 10.3. The maximum Gasteiger partial charge on any atom is 0.225 e. The van der Waals surface area contributed by atoms with Gasteiger partial charge < -0.3 is 10.2 Å². The monoisotopic (exact) mass is 260 g/mol.